The number of pyridine rings is 1. The Morgan fingerprint density at radius 1 is 1.15 bits per heavy atom. The molecule has 8 heteroatoms. The Morgan fingerprint density at radius 3 is 2.78 bits per heavy atom. The van der Waals surface area contributed by atoms with Gasteiger partial charge in [-0.2, -0.15) is 0 Å². The van der Waals surface area contributed by atoms with Crippen molar-refractivity contribution in [1.29, 1.82) is 0 Å². The number of nitrogens with zero attached hydrogens (tertiary/aromatic N) is 4. The maximum Gasteiger partial charge on any atom is 0.321 e. The molecule has 0 aliphatic rings. The highest BCUT2D eigenvalue weighted by Crippen LogP contribution is 2.24. The van der Waals surface area contributed by atoms with Gasteiger partial charge in [-0.25, -0.2) is 4.79 Å². The van der Waals surface area contributed by atoms with Gasteiger partial charge in [-0.1, -0.05) is 48.6 Å². The number of benzene rings is 1. The van der Waals surface area contributed by atoms with E-state index in [1.165, 1.54) is 16.9 Å². The molecule has 0 fully saturated rings. The van der Waals surface area contributed by atoms with Gasteiger partial charge in [0.15, 0.2) is 5.01 Å². The fourth-order valence-corrected chi connectivity index (χ4v) is 3.17. The van der Waals surface area contributed by atoms with Crippen LogP contribution in [0.1, 0.15) is 18.1 Å². The average molecular weight is 382 g/mol. The lowest BCUT2D eigenvalue weighted by Crippen LogP contribution is -2.28. The van der Waals surface area contributed by atoms with Crippen molar-refractivity contribution in [2.45, 2.75) is 20.0 Å². The predicted octanol–water partition coefficient (Wildman–Crippen LogP) is 3.37. The highest BCUT2D eigenvalue weighted by molar-refractivity contribution is 7.18. The number of rotatable bonds is 7. The number of carbonyl (C=O) groups excluding carboxylic acids is 1. The van der Waals surface area contributed by atoms with E-state index < -0.39 is 0 Å². The van der Waals surface area contributed by atoms with Crippen molar-refractivity contribution in [3.05, 3.63) is 59.8 Å². The molecule has 0 bridgehead atoms. The molecule has 2 aromatic heterocycles. The molecule has 3 rings (SSSR count). The van der Waals surface area contributed by atoms with E-state index in [1.807, 2.05) is 30.3 Å². The van der Waals surface area contributed by atoms with Crippen LogP contribution in [-0.4, -0.2) is 39.7 Å². The topological polar surface area (TPSA) is 83.0 Å². The number of hydrogen-bond acceptors (Lipinski definition) is 6. The Bertz CT molecular complexity index is 883. The first-order valence-corrected chi connectivity index (χ1v) is 9.52. The van der Waals surface area contributed by atoms with E-state index in [1.54, 1.807) is 6.20 Å². The molecule has 0 unspecified atom stereocenters. The molecular weight excluding hydrogens is 360 g/mol. The van der Waals surface area contributed by atoms with Crippen LogP contribution in [0.15, 0.2) is 48.7 Å². The monoisotopic (exact) mass is 382 g/mol. The zero-order valence-corrected chi connectivity index (χ0v) is 16.2. The van der Waals surface area contributed by atoms with Crippen LogP contribution in [0.25, 0.3) is 10.7 Å². The van der Waals surface area contributed by atoms with Gasteiger partial charge >= 0.3 is 6.03 Å². The Labute approximate surface area is 162 Å². The number of hydrogen-bond donors (Lipinski definition) is 2. The highest BCUT2D eigenvalue weighted by Gasteiger charge is 2.10. The Balaban J connectivity index is 1.53. The molecule has 0 aliphatic heterocycles. The lowest BCUT2D eigenvalue weighted by Gasteiger charge is -2.14. The third-order valence-electron chi connectivity index (χ3n) is 3.97. The van der Waals surface area contributed by atoms with E-state index >= 15 is 0 Å². The molecule has 0 aliphatic carbocycles. The first-order chi connectivity index (χ1) is 13.1. The van der Waals surface area contributed by atoms with Gasteiger partial charge in [0.1, 0.15) is 5.69 Å². The van der Waals surface area contributed by atoms with Gasteiger partial charge in [0.2, 0.25) is 5.13 Å². The fraction of sp³-hybridized carbons (Fsp3) is 0.263. The molecule has 3 aromatic rings. The Kier molecular flexibility index (Phi) is 6.45. The largest absolute Gasteiger partial charge is 0.334 e. The molecule has 7 nitrogen and oxygen atoms in total. The van der Waals surface area contributed by atoms with E-state index in [0.29, 0.717) is 16.7 Å². The minimum absolute atomic E-state index is 0.310. The van der Waals surface area contributed by atoms with Gasteiger partial charge in [-0.15, -0.1) is 10.2 Å². The summed E-state index contributed by atoms with van der Waals surface area (Å²) in [5.74, 6) is 0. The van der Waals surface area contributed by atoms with Crippen LogP contribution >= 0.6 is 11.3 Å². The van der Waals surface area contributed by atoms with E-state index in [-0.39, 0.29) is 6.03 Å². The molecule has 0 radical (unpaired) electrons. The van der Waals surface area contributed by atoms with Crippen LogP contribution in [0.3, 0.4) is 0 Å². The van der Waals surface area contributed by atoms with Crippen molar-refractivity contribution < 1.29 is 4.79 Å². The number of anilines is 1. The number of urea groups is 1. The lowest BCUT2D eigenvalue weighted by atomic mass is 10.1. The summed E-state index contributed by atoms with van der Waals surface area (Å²) in [5.41, 5.74) is 3.01. The SMILES string of the molecule is CCN(C)Cc1cccc(CNC(=O)Nc2nnc(-c3ccccn3)s2)c1. The number of aromatic nitrogens is 3. The molecule has 1 aromatic carbocycles. The summed E-state index contributed by atoms with van der Waals surface area (Å²) in [6.45, 7) is 4.45. The summed E-state index contributed by atoms with van der Waals surface area (Å²) < 4.78 is 0. The maximum atomic E-state index is 12.1. The molecular formula is C19H22N6OS. The van der Waals surface area contributed by atoms with E-state index in [0.717, 1.165) is 24.3 Å². The molecule has 0 saturated carbocycles. The summed E-state index contributed by atoms with van der Waals surface area (Å²) in [6.07, 6.45) is 1.70. The van der Waals surface area contributed by atoms with Crippen molar-refractivity contribution in [3.8, 4) is 10.7 Å². The molecule has 0 spiro atoms. The first kappa shape index (κ1) is 18.9. The minimum Gasteiger partial charge on any atom is -0.334 e. The standard InChI is InChI=1S/C19H22N6OS/c1-3-25(2)13-15-8-6-7-14(11-15)12-21-18(26)22-19-24-23-17(27-19)16-9-4-5-10-20-16/h4-11H,3,12-13H2,1-2H3,(H2,21,22,24,26). The lowest BCUT2D eigenvalue weighted by molar-refractivity contribution is 0.251. The Morgan fingerprint density at radius 2 is 2.00 bits per heavy atom. The smallest absolute Gasteiger partial charge is 0.321 e. The quantitative estimate of drug-likeness (QED) is 0.655. The molecule has 0 saturated heterocycles. The highest BCUT2D eigenvalue weighted by atomic mass is 32.1. The van der Waals surface area contributed by atoms with Gasteiger partial charge < -0.3 is 10.2 Å². The van der Waals surface area contributed by atoms with Crippen LogP contribution in [0.4, 0.5) is 9.93 Å². The van der Waals surface area contributed by atoms with Crippen molar-refractivity contribution in [1.82, 2.24) is 25.4 Å². The average Bonchev–Trinajstić information content (AvgIpc) is 3.16. The fourth-order valence-electron chi connectivity index (χ4n) is 2.45. The van der Waals surface area contributed by atoms with Crippen LogP contribution in [0.5, 0.6) is 0 Å². The summed E-state index contributed by atoms with van der Waals surface area (Å²) in [6, 6.07) is 13.5. The molecule has 2 heterocycles. The third kappa shape index (κ3) is 5.57. The number of carbonyl (C=O) groups is 1. The summed E-state index contributed by atoms with van der Waals surface area (Å²) in [4.78, 5) is 18.6. The summed E-state index contributed by atoms with van der Waals surface area (Å²) in [5, 5.41) is 14.7. The summed E-state index contributed by atoms with van der Waals surface area (Å²) in [7, 11) is 2.08. The zero-order chi connectivity index (χ0) is 19.1. The van der Waals surface area contributed by atoms with Crippen LogP contribution < -0.4 is 10.6 Å². The van der Waals surface area contributed by atoms with Crippen molar-refractivity contribution in [3.63, 3.8) is 0 Å². The van der Waals surface area contributed by atoms with Crippen LogP contribution in [0.2, 0.25) is 0 Å². The van der Waals surface area contributed by atoms with Gasteiger partial charge in [0.05, 0.1) is 0 Å². The zero-order valence-electron chi connectivity index (χ0n) is 15.3. The van der Waals surface area contributed by atoms with Gasteiger partial charge in [-0.3, -0.25) is 10.3 Å². The molecule has 2 amide bonds. The van der Waals surface area contributed by atoms with Crippen molar-refractivity contribution >= 4 is 22.5 Å². The van der Waals surface area contributed by atoms with Gasteiger partial charge in [0, 0.05) is 19.3 Å². The van der Waals surface area contributed by atoms with Crippen molar-refractivity contribution in [2.24, 2.45) is 0 Å². The maximum absolute atomic E-state index is 12.1. The second-order valence-corrected chi connectivity index (χ2v) is 7.06. The van der Waals surface area contributed by atoms with Gasteiger partial charge in [0.25, 0.3) is 0 Å². The number of nitrogens with one attached hydrogen (secondary N) is 2. The van der Waals surface area contributed by atoms with Crippen molar-refractivity contribution in [2.75, 3.05) is 18.9 Å². The molecule has 0 atom stereocenters. The van der Waals surface area contributed by atoms with E-state index in [9.17, 15) is 4.79 Å². The van der Waals surface area contributed by atoms with Crippen LogP contribution in [0, 0.1) is 0 Å². The van der Waals surface area contributed by atoms with E-state index in [2.05, 4.69) is 56.8 Å². The second-order valence-electron chi connectivity index (χ2n) is 6.09. The Hall–Kier alpha value is -2.84. The predicted molar refractivity (Wildman–Crippen MR) is 107 cm³/mol. The molecule has 27 heavy (non-hydrogen) atoms. The second kappa shape index (κ2) is 9.20. The summed E-state index contributed by atoms with van der Waals surface area (Å²) >= 11 is 1.29. The van der Waals surface area contributed by atoms with Gasteiger partial charge in [-0.05, 0) is 36.9 Å². The molecule has 140 valence electrons. The first-order valence-electron chi connectivity index (χ1n) is 8.70. The minimum atomic E-state index is -0.310. The number of amides is 2. The molecule has 2 N–H and O–H groups in total. The van der Waals surface area contributed by atoms with E-state index in [4.69, 9.17) is 0 Å². The third-order valence-corrected chi connectivity index (χ3v) is 4.83. The van der Waals surface area contributed by atoms with Crippen LogP contribution in [-0.2, 0) is 13.1 Å². The normalized spacial score (nSPS) is 10.8.